The van der Waals surface area contributed by atoms with Crippen LogP contribution in [0.5, 0.6) is 0 Å². The molecule has 0 amide bonds. The van der Waals surface area contributed by atoms with Gasteiger partial charge in [-0.2, -0.15) is 0 Å². The molecule has 96 valence electrons. The van der Waals surface area contributed by atoms with Crippen molar-refractivity contribution in [2.24, 2.45) is 0 Å². The van der Waals surface area contributed by atoms with Crippen molar-refractivity contribution in [3.63, 3.8) is 0 Å². The number of rotatable bonds is 2. The summed E-state index contributed by atoms with van der Waals surface area (Å²) >= 11 is 0. The van der Waals surface area contributed by atoms with Crippen LogP contribution in [0, 0.1) is 0 Å². The summed E-state index contributed by atoms with van der Waals surface area (Å²) in [6, 6.07) is 14.8. The van der Waals surface area contributed by atoms with Crippen LogP contribution >= 0.6 is 0 Å². The van der Waals surface area contributed by atoms with Gasteiger partial charge in [-0.3, -0.25) is 4.79 Å². The molecule has 0 aliphatic carbocycles. The van der Waals surface area contributed by atoms with Crippen molar-refractivity contribution < 1.29 is 9.21 Å². The fraction of sp³-hybridized carbons (Fsp3) is 0. The van der Waals surface area contributed by atoms with Gasteiger partial charge in [0.1, 0.15) is 5.52 Å². The van der Waals surface area contributed by atoms with E-state index in [1.807, 2.05) is 42.6 Å². The fourth-order valence-electron chi connectivity index (χ4n) is 2.37. The summed E-state index contributed by atoms with van der Waals surface area (Å²) in [6.07, 6.45) is 1.81. The van der Waals surface area contributed by atoms with Gasteiger partial charge in [-0.15, -0.1) is 0 Å². The summed E-state index contributed by atoms with van der Waals surface area (Å²) in [4.78, 5) is 19.9. The molecule has 0 saturated heterocycles. The first kappa shape index (κ1) is 11.0. The van der Waals surface area contributed by atoms with E-state index in [2.05, 4.69) is 9.97 Å². The van der Waals surface area contributed by atoms with Crippen molar-refractivity contribution in [1.82, 2.24) is 9.97 Å². The molecule has 0 bridgehead atoms. The number of nitrogens with one attached hydrogen (secondary N) is 1. The molecule has 0 radical (unpaired) electrons. The highest BCUT2D eigenvalue weighted by Gasteiger charge is 2.18. The molecule has 0 saturated carbocycles. The zero-order chi connectivity index (χ0) is 13.5. The summed E-state index contributed by atoms with van der Waals surface area (Å²) in [5, 5.41) is 0.875. The second-order valence-electron chi connectivity index (χ2n) is 4.56. The first-order chi connectivity index (χ1) is 9.83. The number of carbonyl (C=O) groups excluding carboxylic acids is 1. The van der Waals surface area contributed by atoms with Crippen molar-refractivity contribution in [1.29, 1.82) is 0 Å². The highest BCUT2D eigenvalue weighted by atomic mass is 16.4. The Kier molecular flexibility index (Phi) is 2.23. The maximum atomic E-state index is 12.6. The van der Waals surface area contributed by atoms with Gasteiger partial charge >= 0.3 is 0 Å². The summed E-state index contributed by atoms with van der Waals surface area (Å²) in [5.74, 6) is -0.0775. The average molecular weight is 262 g/mol. The lowest BCUT2D eigenvalue weighted by Gasteiger charge is -1.98. The van der Waals surface area contributed by atoms with E-state index in [9.17, 15) is 4.79 Å². The van der Waals surface area contributed by atoms with Crippen LogP contribution in [0.2, 0.25) is 0 Å². The highest BCUT2D eigenvalue weighted by Crippen LogP contribution is 2.22. The monoisotopic (exact) mass is 262 g/mol. The zero-order valence-electron chi connectivity index (χ0n) is 10.5. The van der Waals surface area contributed by atoms with E-state index in [1.165, 1.54) is 0 Å². The number of oxazole rings is 1. The third-order valence-corrected chi connectivity index (χ3v) is 3.33. The number of benzene rings is 2. The molecule has 4 aromatic rings. The fourth-order valence-corrected chi connectivity index (χ4v) is 2.37. The Balaban J connectivity index is 1.89. The van der Waals surface area contributed by atoms with Gasteiger partial charge in [0, 0.05) is 22.7 Å². The minimum absolute atomic E-state index is 0.125. The molecule has 4 rings (SSSR count). The minimum atomic E-state index is -0.202. The van der Waals surface area contributed by atoms with E-state index in [0.29, 0.717) is 16.7 Å². The number of ketones is 1. The number of carbonyl (C=O) groups is 1. The van der Waals surface area contributed by atoms with Crippen LogP contribution in [0.4, 0.5) is 0 Å². The number of hydrogen-bond acceptors (Lipinski definition) is 3. The molecule has 0 unspecified atom stereocenters. The molecule has 0 atom stereocenters. The topological polar surface area (TPSA) is 58.9 Å². The lowest BCUT2D eigenvalue weighted by atomic mass is 10.1. The van der Waals surface area contributed by atoms with Gasteiger partial charge in [0.25, 0.3) is 5.89 Å². The van der Waals surface area contributed by atoms with Crippen LogP contribution in [0.1, 0.15) is 16.2 Å². The average Bonchev–Trinajstić information content (AvgIpc) is 3.12. The Hall–Kier alpha value is -2.88. The summed E-state index contributed by atoms with van der Waals surface area (Å²) in [7, 11) is 0. The van der Waals surface area contributed by atoms with E-state index in [4.69, 9.17) is 4.42 Å². The lowest BCUT2D eigenvalue weighted by Crippen LogP contribution is -2.01. The summed E-state index contributed by atoms with van der Waals surface area (Å²) in [6.45, 7) is 0. The van der Waals surface area contributed by atoms with Crippen molar-refractivity contribution in [2.75, 3.05) is 0 Å². The van der Waals surface area contributed by atoms with Gasteiger partial charge in [-0.1, -0.05) is 24.3 Å². The predicted octanol–water partition coefficient (Wildman–Crippen LogP) is 3.54. The third kappa shape index (κ3) is 1.55. The lowest BCUT2D eigenvalue weighted by molar-refractivity contribution is 0.101. The van der Waals surface area contributed by atoms with Gasteiger partial charge in [-0.05, 0) is 24.3 Å². The van der Waals surface area contributed by atoms with Crippen LogP contribution in [0.25, 0.3) is 22.0 Å². The van der Waals surface area contributed by atoms with Crippen molar-refractivity contribution in [2.45, 2.75) is 0 Å². The quantitative estimate of drug-likeness (QED) is 0.562. The zero-order valence-corrected chi connectivity index (χ0v) is 10.5. The summed E-state index contributed by atoms with van der Waals surface area (Å²) < 4.78 is 5.54. The van der Waals surface area contributed by atoms with Gasteiger partial charge < -0.3 is 9.40 Å². The van der Waals surface area contributed by atoms with Crippen LogP contribution in [0.15, 0.2) is 59.1 Å². The SMILES string of the molecule is O=C(c1nc2ccccc2o1)c1cccc2[nH]ccc12. The van der Waals surface area contributed by atoms with E-state index >= 15 is 0 Å². The molecule has 0 aliphatic heterocycles. The van der Waals surface area contributed by atoms with Crippen molar-refractivity contribution in [3.05, 3.63) is 66.2 Å². The Bertz CT molecular complexity index is 901. The second-order valence-corrected chi connectivity index (χ2v) is 4.56. The predicted molar refractivity (Wildman–Crippen MR) is 75.7 cm³/mol. The first-order valence-corrected chi connectivity index (χ1v) is 6.29. The number of hydrogen-bond donors (Lipinski definition) is 1. The molecular weight excluding hydrogens is 252 g/mol. The molecule has 2 aromatic carbocycles. The number of fused-ring (bicyclic) bond motifs is 2. The van der Waals surface area contributed by atoms with Gasteiger partial charge in [0.2, 0.25) is 5.78 Å². The molecule has 0 spiro atoms. The molecule has 4 nitrogen and oxygen atoms in total. The Labute approximate surface area is 114 Å². The van der Waals surface area contributed by atoms with Crippen LogP contribution in [-0.2, 0) is 0 Å². The smallest absolute Gasteiger partial charge is 0.269 e. The summed E-state index contributed by atoms with van der Waals surface area (Å²) in [5.41, 5.74) is 2.83. The van der Waals surface area contributed by atoms with Gasteiger partial charge in [0.05, 0.1) is 0 Å². The van der Waals surface area contributed by atoms with Gasteiger partial charge in [0.15, 0.2) is 5.58 Å². The van der Waals surface area contributed by atoms with E-state index < -0.39 is 0 Å². The maximum Gasteiger partial charge on any atom is 0.269 e. The molecule has 1 N–H and O–H groups in total. The molecule has 4 heteroatoms. The molecule has 0 aliphatic rings. The highest BCUT2D eigenvalue weighted by molar-refractivity contribution is 6.14. The van der Waals surface area contributed by atoms with Crippen molar-refractivity contribution >= 4 is 27.8 Å². The van der Waals surface area contributed by atoms with Gasteiger partial charge in [-0.25, -0.2) is 4.98 Å². The Morgan fingerprint density at radius 1 is 1.05 bits per heavy atom. The van der Waals surface area contributed by atoms with Crippen molar-refractivity contribution in [3.8, 4) is 0 Å². The molecule has 2 heterocycles. The maximum absolute atomic E-state index is 12.6. The van der Waals surface area contributed by atoms with Crippen LogP contribution < -0.4 is 0 Å². The van der Waals surface area contributed by atoms with Crippen LogP contribution in [0.3, 0.4) is 0 Å². The largest absolute Gasteiger partial charge is 0.433 e. The third-order valence-electron chi connectivity index (χ3n) is 3.33. The Morgan fingerprint density at radius 2 is 1.95 bits per heavy atom. The second kappa shape index (κ2) is 4.06. The molecule has 2 aromatic heterocycles. The molecule has 0 fully saturated rings. The van der Waals surface area contributed by atoms with Crippen LogP contribution in [-0.4, -0.2) is 15.8 Å². The van der Waals surface area contributed by atoms with E-state index in [-0.39, 0.29) is 11.7 Å². The molecule has 20 heavy (non-hydrogen) atoms. The number of aromatic nitrogens is 2. The van der Waals surface area contributed by atoms with E-state index in [0.717, 1.165) is 10.9 Å². The number of para-hydroxylation sites is 2. The van der Waals surface area contributed by atoms with E-state index in [1.54, 1.807) is 12.1 Å². The Morgan fingerprint density at radius 3 is 2.85 bits per heavy atom. The number of H-pyrrole nitrogens is 1. The number of aromatic amines is 1. The molecular formula is C16H10N2O2. The standard InChI is InChI=1S/C16H10N2O2/c19-15(11-4-3-6-12-10(11)8-9-17-12)16-18-13-5-1-2-7-14(13)20-16/h1-9,17H. The first-order valence-electron chi connectivity index (χ1n) is 6.29. The minimum Gasteiger partial charge on any atom is -0.433 e. The normalized spacial score (nSPS) is 11.2. The number of nitrogens with zero attached hydrogens (tertiary/aromatic N) is 1.